The molecule has 0 bridgehead atoms. The van der Waals surface area contributed by atoms with Gasteiger partial charge in [0.1, 0.15) is 31.2 Å². The van der Waals surface area contributed by atoms with E-state index in [9.17, 15) is 5.11 Å². The Morgan fingerprint density at radius 2 is 2.04 bits per heavy atom. The van der Waals surface area contributed by atoms with Gasteiger partial charge >= 0.3 is 0 Å². The number of β-amino-alcohol motifs (C(OH)–C–C–N with tert-alkyl or cyclic N) is 1. The summed E-state index contributed by atoms with van der Waals surface area (Å²) < 4.78 is 22.8. The third kappa shape index (κ3) is 4.14. The van der Waals surface area contributed by atoms with Gasteiger partial charge in [0.15, 0.2) is 11.5 Å². The van der Waals surface area contributed by atoms with E-state index in [1.807, 2.05) is 36.4 Å². The predicted octanol–water partition coefficient (Wildman–Crippen LogP) is 3.13. The molecule has 2 aromatic carbocycles. The maximum absolute atomic E-state index is 10.7. The summed E-state index contributed by atoms with van der Waals surface area (Å²) in [4.78, 5) is 2.18. The average Bonchev–Trinajstić information content (AvgIpc) is 2.70. The first-order chi connectivity index (χ1) is 13.6. The molecule has 2 aromatic rings. The standard InChI is InChI=1S/C21H24ClNO5/c1-25-17-6-5-15(22)11-14(17)12-23-8-7-18(16(24)13-23)28-20-4-2-3-19-21(20)27-10-9-26-19/h2-6,11,16,18,24H,7-10,12-13H2,1H3/t16-,18-/m1/s1. The van der Waals surface area contributed by atoms with E-state index < -0.39 is 6.10 Å². The van der Waals surface area contributed by atoms with Crippen LogP contribution in [0.15, 0.2) is 36.4 Å². The van der Waals surface area contributed by atoms with E-state index in [0.29, 0.717) is 55.0 Å². The predicted molar refractivity (Wildman–Crippen MR) is 106 cm³/mol. The van der Waals surface area contributed by atoms with E-state index in [0.717, 1.165) is 17.9 Å². The van der Waals surface area contributed by atoms with Crippen LogP contribution in [0.4, 0.5) is 0 Å². The molecular weight excluding hydrogens is 382 g/mol. The maximum atomic E-state index is 10.7. The number of rotatable bonds is 5. The number of fused-ring (bicyclic) bond motifs is 1. The molecule has 4 rings (SSSR count). The molecule has 0 aromatic heterocycles. The number of hydrogen-bond acceptors (Lipinski definition) is 6. The summed E-state index contributed by atoms with van der Waals surface area (Å²) in [7, 11) is 1.65. The molecule has 0 amide bonds. The number of benzene rings is 2. The molecule has 0 unspecified atom stereocenters. The SMILES string of the molecule is COc1ccc(Cl)cc1CN1CC[C@@H](Oc2cccc3c2OCCO3)[C@H](O)C1. The first-order valence-corrected chi connectivity index (χ1v) is 9.80. The van der Waals surface area contributed by atoms with Crippen molar-refractivity contribution in [2.45, 2.75) is 25.2 Å². The van der Waals surface area contributed by atoms with E-state index in [4.69, 9.17) is 30.5 Å². The fourth-order valence-electron chi connectivity index (χ4n) is 3.67. The molecule has 2 atom stereocenters. The van der Waals surface area contributed by atoms with Gasteiger partial charge in [-0.3, -0.25) is 4.90 Å². The first-order valence-electron chi connectivity index (χ1n) is 9.42. The molecule has 1 saturated heterocycles. The number of nitrogens with zero attached hydrogens (tertiary/aromatic N) is 1. The van der Waals surface area contributed by atoms with Gasteiger partial charge in [-0.05, 0) is 36.8 Å². The summed E-state index contributed by atoms with van der Waals surface area (Å²) in [6.07, 6.45) is -0.206. The second kappa shape index (κ2) is 8.47. The average molecular weight is 406 g/mol. The van der Waals surface area contributed by atoms with Crippen molar-refractivity contribution in [1.29, 1.82) is 0 Å². The minimum absolute atomic E-state index is 0.297. The lowest BCUT2D eigenvalue weighted by Gasteiger charge is -2.36. The van der Waals surface area contributed by atoms with E-state index in [-0.39, 0.29) is 6.10 Å². The number of methoxy groups -OCH3 is 1. The zero-order valence-corrected chi connectivity index (χ0v) is 16.5. The van der Waals surface area contributed by atoms with E-state index in [1.165, 1.54) is 0 Å². The minimum Gasteiger partial charge on any atom is -0.496 e. The molecule has 2 heterocycles. The third-order valence-corrected chi connectivity index (χ3v) is 5.28. The van der Waals surface area contributed by atoms with Crippen molar-refractivity contribution in [3.05, 3.63) is 47.0 Å². The van der Waals surface area contributed by atoms with Crippen LogP contribution in [0, 0.1) is 0 Å². The quantitative estimate of drug-likeness (QED) is 0.824. The van der Waals surface area contributed by atoms with Crippen molar-refractivity contribution < 1.29 is 24.1 Å². The molecule has 2 aliphatic rings. The van der Waals surface area contributed by atoms with Crippen LogP contribution in [-0.2, 0) is 6.54 Å². The fourth-order valence-corrected chi connectivity index (χ4v) is 3.87. The summed E-state index contributed by atoms with van der Waals surface area (Å²) in [5, 5.41) is 11.3. The largest absolute Gasteiger partial charge is 0.496 e. The Balaban J connectivity index is 1.40. The maximum Gasteiger partial charge on any atom is 0.203 e. The van der Waals surface area contributed by atoms with Gasteiger partial charge in [0.05, 0.1) is 7.11 Å². The topological polar surface area (TPSA) is 60.4 Å². The zero-order valence-electron chi connectivity index (χ0n) is 15.8. The monoisotopic (exact) mass is 405 g/mol. The molecule has 6 nitrogen and oxygen atoms in total. The lowest BCUT2D eigenvalue weighted by Crippen LogP contribution is -2.48. The van der Waals surface area contributed by atoms with E-state index in [2.05, 4.69) is 4.90 Å². The van der Waals surface area contributed by atoms with Crippen LogP contribution < -0.4 is 18.9 Å². The lowest BCUT2D eigenvalue weighted by molar-refractivity contribution is -0.0291. The van der Waals surface area contributed by atoms with Crippen LogP contribution in [0.1, 0.15) is 12.0 Å². The van der Waals surface area contributed by atoms with Crippen molar-refractivity contribution in [2.75, 3.05) is 33.4 Å². The molecule has 1 N–H and O–H groups in total. The van der Waals surface area contributed by atoms with E-state index >= 15 is 0 Å². The molecule has 28 heavy (non-hydrogen) atoms. The summed E-state index contributed by atoms with van der Waals surface area (Å²) in [6, 6.07) is 11.2. The van der Waals surface area contributed by atoms with E-state index in [1.54, 1.807) is 7.11 Å². The van der Waals surface area contributed by atoms with Gasteiger partial charge in [-0.15, -0.1) is 0 Å². The van der Waals surface area contributed by atoms with Gasteiger partial charge in [-0.25, -0.2) is 0 Å². The third-order valence-electron chi connectivity index (χ3n) is 5.05. The second-order valence-corrected chi connectivity index (χ2v) is 7.42. The second-order valence-electron chi connectivity index (χ2n) is 6.98. The Morgan fingerprint density at radius 1 is 1.18 bits per heavy atom. The summed E-state index contributed by atoms with van der Waals surface area (Å²) in [5.41, 5.74) is 1.00. The number of para-hydroxylation sites is 1. The van der Waals surface area contributed by atoms with Crippen LogP contribution in [0.2, 0.25) is 5.02 Å². The molecular formula is C21H24ClNO5. The Bertz CT molecular complexity index is 830. The molecule has 0 saturated carbocycles. The summed E-state index contributed by atoms with van der Waals surface area (Å²) in [5.74, 6) is 2.72. The fraction of sp³-hybridized carbons (Fsp3) is 0.429. The van der Waals surface area contributed by atoms with Crippen LogP contribution in [0.25, 0.3) is 0 Å². The highest BCUT2D eigenvalue weighted by atomic mass is 35.5. The number of likely N-dealkylation sites (tertiary alicyclic amines) is 1. The molecule has 0 aliphatic carbocycles. The van der Waals surface area contributed by atoms with Crippen LogP contribution in [-0.4, -0.2) is 55.6 Å². The van der Waals surface area contributed by atoms with Crippen molar-refractivity contribution >= 4 is 11.6 Å². The molecule has 0 radical (unpaired) electrons. The number of aliphatic hydroxyl groups excluding tert-OH is 1. The Hall–Kier alpha value is -2.15. The van der Waals surface area contributed by atoms with Gasteiger partial charge in [-0.2, -0.15) is 0 Å². The van der Waals surface area contributed by atoms with Gasteiger partial charge in [0.25, 0.3) is 0 Å². The van der Waals surface area contributed by atoms with Gasteiger partial charge < -0.3 is 24.1 Å². The Labute approximate surface area is 169 Å². The number of aliphatic hydroxyl groups is 1. The highest BCUT2D eigenvalue weighted by Gasteiger charge is 2.31. The number of halogens is 1. The van der Waals surface area contributed by atoms with Gasteiger partial charge in [0, 0.05) is 30.2 Å². The minimum atomic E-state index is -0.612. The Morgan fingerprint density at radius 3 is 2.86 bits per heavy atom. The van der Waals surface area contributed by atoms with Crippen molar-refractivity contribution in [2.24, 2.45) is 0 Å². The number of ether oxygens (including phenoxy) is 4. The molecule has 1 fully saturated rings. The lowest BCUT2D eigenvalue weighted by atomic mass is 10.0. The Kier molecular flexibility index (Phi) is 5.80. The highest BCUT2D eigenvalue weighted by Crippen LogP contribution is 2.40. The number of piperidine rings is 1. The van der Waals surface area contributed by atoms with Crippen molar-refractivity contribution in [3.63, 3.8) is 0 Å². The normalized spacial score (nSPS) is 22.0. The van der Waals surface area contributed by atoms with Gasteiger partial charge in [-0.1, -0.05) is 17.7 Å². The van der Waals surface area contributed by atoms with Crippen LogP contribution in [0.5, 0.6) is 23.0 Å². The highest BCUT2D eigenvalue weighted by molar-refractivity contribution is 6.30. The van der Waals surface area contributed by atoms with Crippen LogP contribution in [0.3, 0.4) is 0 Å². The summed E-state index contributed by atoms with van der Waals surface area (Å²) in [6.45, 7) is 2.99. The van der Waals surface area contributed by atoms with Crippen LogP contribution >= 0.6 is 11.6 Å². The van der Waals surface area contributed by atoms with Crippen molar-refractivity contribution in [1.82, 2.24) is 4.90 Å². The molecule has 150 valence electrons. The first kappa shape index (κ1) is 19.2. The zero-order chi connectivity index (χ0) is 19.5. The van der Waals surface area contributed by atoms with Crippen molar-refractivity contribution in [3.8, 4) is 23.0 Å². The molecule has 7 heteroatoms. The smallest absolute Gasteiger partial charge is 0.203 e. The molecule has 2 aliphatic heterocycles. The molecule has 0 spiro atoms. The summed E-state index contributed by atoms with van der Waals surface area (Å²) >= 11 is 6.13. The number of hydrogen-bond donors (Lipinski definition) is 1. The van der Waals surface area contributed by atoms with Gasteiger partial charge in [0.2, 0.25) is 5.75 Å².